The molecule has 1 amide bonds. The van der Waals surface area contributed by atoms with Gasteiger partial charge in [-0.1, -0.05) is 0 Å². The molecule has 27 heavy (non-hydrogen) atoms. The molecule has 1 aliphatic rings. The Bertz CT molecular complexity index is 719. The van der Waals surface area contributed by atoms with Gasteiger partial charge in [0, 0.05) is 25.1 Å². The summed E-state index contributed by atoms with van der Waals surface area (Å²) in [5, 5.41) is 0. The molecule has 1 aliphatic heterocycles. The molecule has 2 rings (SSSR count). The van der Waals surface area contributed by atoms with Gasteiger partial charge >= 0.3 is 12.5 Å². The highest BCUT2D eigenvalue weighted by Crippen LogP contribution is 2.35. The molecule has 1 heterocycles. The lowest BCUT2D eigenvalue weighted by molar-refractivity contribution is -0.274. The molecule has 10 heteroatoms. The first-order valence-electron chi connectivity index (χ1n) is 8.05. The van der Waals surface area contributed by atoms with E-state index in [0.29, 0.717) is 12.1 Å². The third kappa shape index (κ3) is 5.30. The van der Waals surface area contributed by atoms with Crippen LogP contribution < -0.4 is 4.74 Å². The van der Waals surface area contributed by atoms with Crippen molar-refractivity contribution >= 4 is 11.9 Å². The van der Waals surface area contributed by atoms with E-state index in [9.17, 15) is 31.5 Å². The van der Waals surface area contributed by atoms with Gasteiger partial charge in [0.1, 0.15) is 29.0 Å². The minimum absolute atomic E-state index is 0.00496. The lowest BCUT2D eigenvalue weighted by atomic mass is 9.93. The van der Waals surface area contributed by atoms with Gasteiger partial charge in [0.15, 0.2) is 5.78 Å². The maximum atomic E-state index is 14.4. The van der Waals surface area contributed by atoms with Crippen molar-refractivity contribution in [3.8, 4) is 5.75 Å². The van der Waals surface area contributed by atoms with E-state index in [1.807, 2.05) is 0 Å². The highest BCUT2D eigenvalue weighted by atomic mass is 19.4. The number of ketones is 1. The third-order valence-electron chi connectivity index (χ3n) is 3.63. The highest BCUT2D eigenvalue weighted by molar-refractivity contribution is 5.89. The number of carbonyl (C=O) groups is 2. The third-order valence-corrected chi connectivity index (χ3v) is 3.63. The molecule has 0 saturated carbocycles. The number of piperidine rings is 1. The molecule has 0 aromatic heterocycles. The molecule has 150 valence electrons. The summed E-state index contributed by atoms with van der Waals surface area (Å²) in [6, 6.07) is -0.990. The Morgan fingerprint density at radius 3 is 2.19 bits per heavy atom. The van der Waals surface area contributed by atoms with E-state index >= 15 is 0 Å². The molecule has 0 N–H and O–H groups in total. The number of nitrogens with zero attached hydrogens (tertiary/aromatic N) is 1. The molecule has 1 fully saturated rings. The summed E-state index contributed by atoms with van der Waals surface area (Å²) >= 11 is 0. The SMILES string of the molecule is CC(C)(C)OC(=O)N1CCCC(=O)C1c1c(F)cc(OC(F)(F)F)cc1F. The van der Waals surface area contributed by atoms with E-state index in [1.165, 1.54) is 0 Å². The predicted molar refractivity (Wildman–Crippen MR) is 83.0 cm³/mol. The summed E-state index contributed by atoms with van der Waals surface area (Å²) in [6.45, 7) is 4.74. The van der Waals surface area contributed by atoms with E-state index in [1.54, 1.807) is 20.8 Å². The second-order valence-corrected chi connectivity index (χ2v) is 6.99. The van der Waals surface area contributed by atoms with Gasteiger partial charge in [-0.2, -0.15) is 0 Å². The van der Waals surface area contributed by atoms with Gasteiger partial charge in [0.25, 0.3) is 0 Å². The molecular weight excluding hydrogens is 377 g/mol. The molecule has 0 bridgehead atoms. The van der Waals surface area contributed by atoms with Gasteiger partial charge in [0.2, 0.25) is 0 Å². The Balaban J connectivity index is 2.42. The monoisotopic (exact) mass is 395 g/mol. The zero-order valence-corrected chi connectivity index (χ0v) is 14.8. The van der Waals surface area contributed by atoms with Crippen LogP contribution in [0.5, 0.6) is 5.75 Å². The standard InChI is InChI=1S/C17H18F5NO4/c1-16(2,3)27-15(25)23-6-4-5-12(24)14(23)13-10(18)7-9(8-11(13)19)26-17(20,21)22/h7-8,14H,4-6H2,1-3H3. The number of ether oxygens (including phenoxy) is 2. The van der Waals surface area contributed by atoms with Crippen LogP contribution in [0.1, 0.15) is 45.2 Å². The minimum atomic E-state index is -5.14. The number of benzene rings is 1. The van der Waals surface area contributed by atoms with Crippen LogP contribution in [0, 0.1) is 11.6 Å². The van der Waals surface area contributed by atoms with Gasteiger partial charge in [-0.05, 0) is 27.2 Å². The van der Waals surface area contributed by atoms with Gasteiger partial charge in [-0.3, -0.25) is 9.69 Å². The normalized spacial score (nSPS) is 18.4. The number of amides is 1. The first-order chi connectivity index (χ1) is 12.3. The molecular formula is C17H18F5NO4. The van der Waals surface area contributed by atoms with Crippen LogP contribution in [-0.4, -0.2) is 35.3 Å². The zero-order valence-electron chi connectivity index (χ0n) is 14.8. The molecule has 1 saturated heterocycles. The second-order valence-electron chi connectivity index (χ2n) is 6.99. The number of hydrogen-bond donors (Lipinski definition) is 0. The Labute approximate surface area is 152 Å². The van der Waals surface area contributed by atoms with Crippen molar-refractivity contribution in [1.82, 2.24) is 4.90 Å². The summed E-state index contributed by atoms with van der Waals surface area (Å²) < 4.78 is 74.2. The number of rotatable bonds is 2. The number of halogens is 5. The topological polar surface area (TPSA) is 55.8 Å². The van der Waals surface area contributed by atoms with Gasteiger partial charge < -0.3 is 9.47 Å². The molecule has 1 unspecified atom stereocenters. The van der Waals surface area contributed by atoms with Crippen molar-refractivity contribution in [3.05, 3.63) is 29.3 Å². The van der Waals surface area contributed by atoms with Crippen molar-refractivity contribution in [2.75, 3.05) is 6.54 Å². The number of hydrogen-bond acceptors (Lipinski definition) is 4. The summed E-state index contributed by atoms with van der Waals surface area (Å²) in [4.78, 5) is 25.5. The Kier molecular flexibility index (Phi) is 5.67. The van der Waals surface area contributed by atoms with Gasteiger partial charge in [0.05, 0.1) is 5.56 Å². The Morgan fingerprint density at radius 2 is 1.70 bits per heavy atom. The van der Waals surface area contributed by atoms with Crippen molar-refractivity contribution in [3.63, 3.8) is 0 Å². The molecule has 0 radical (unpaired) electrons. The van der Waals surface area contributed by atoms with Crippen LogP contribution in [0.4, 0.5) is 26.7 Å². The minimum Gasteiger partial charge on any atom is -0.444 e. The summed E-state index contributed by atoms with van der Waals surface area (Å²) in [5.41, 5.74) is -1.73. The summed E-state index contributed by atoms with van der Waals surface area (Å²) in [6.07, 6.45) is -5.85. The van der Waals surface area contributed by atoms with Crippen molar-refractivity contribution in [1.29, 1.82) is 0 Å². The lowest BCUT2D eigenvalue weighted by Gasteiger charge is -2.36. The summed E-state index contributed by atoms with van der Waals surface area (Å²) in [5.74, 6) is -4.60. The average molecular weight is 395 g/mol. The average Bonchev–Trinajstić information content (AvgIpc) is 2.44. The van der Waals surface area contributed by atoms with Crippen LogP contribution in [0.3, 0.4) is 0 Å². The van der Waals surface area contributed by atoms with Crippen molar-refractivity contribution < 1.29 is 41.0 Å². The molecule has 1 aromatic carbocycles. The number of carbonyl (C=O) groups excluding carboxylic acids is 2. The molecule has 1 atom stereocenters. The van der Waals surface area contributed by atoms with E-state index in [4.69, 9.17) is 4.74 Å². The molecule has 0 spiro atoms. The fraction of sp³-hybridized carbons (Fsp3) is 0.529. The fourth-order valence-electron chi connectivity index (χ4n) is 2.71. The maximum absolute atomic E-state index is 14.4. The molecule has 5 nitrogen and oxygen atoms in total. The van der Waals surface area contributed by atoms with Crippen LogP contribution in [0.2, 0.25) is 0 Å². The van der Waals surface area contributed by atoms with Crippen LogP contribution in [0.25, 0.3) is 0 Å². The highest BCUT2D eigenvalue weighted by Gasteiger charge is 2.40. The fourth-order valence-corrected chi connectivity index (χ4v) is 2.71. The first-order valence-corrected chi connectivity index (χ1v) is 8.05. The Morgan fingerprint density at radius 1 is 1.15 bits per heavy atom. The van der Waals surface area contributed by atoms with Gasteiger partial charge in [-0.25, -0.2) is 13.6 Å². The number of likely N-dealkylation sites (tertiary alicyclic amines) is 1. The molecule has 0 aliphatic carbocycles. The Hall–Kier alpha value is -2.39. The van der Waals surface area contributed by atoms with E-state index in [0.717, 1.165) is 4.90 Å². The molecule has 1 aromatic rings. The van der Waals surface area contributed by atoms with Crippen LogP contribution >= 0.6 is 0 Å². The van der Waals surface area contributed by atoms with E-state index in [2.05, 4.69) is 4.74 Å². The van der Waals surface area contributed by atoms with E-state index < -0.39 is 52.8 Å². The quantitative estimate of drug-likeness (QED) is 0.692. The number of alkyl halides is 3. The smallest absolute Gasteiger partial charge is 0.444 e. The zero-order chi connectivity index (χ0) is 20.6. The summed E-state index contributed by atoms with van der Waals surface area (Å²) in [7, 11) is 0. The predicted octanol–water partition coefficient (Wildman–Crippen LogP) is 4.50. The number of Topliss-reactive ketones (excluding diaryl/α,β-unsaturated/α-hetero) is 1. The van der Waals surface area contributed by atoms with Crippen molar-refractivity contribution in [2.24, 2.45) is 0 Å². The largest absolute Gasteiger partial charge is 0.573 e. The first kappa shape index (κ1) is 20.9. The van der Waals surface area contributed by atoms with E-state index in [-0.39, 0.29) is 19.4 Å². The van der Waals surface area contributed by atoms with Crippen LogP contribution in [0.15, 0.2) is 12.1 Å². The van der Waals surface area contributed by atoms with Gasteiger partial charge in [-0.15, -0.1) is 13.2 Å². The second kappa shape index (κ2) is 7.32. The van der Waals surface area contributed by atoms with Crippen LogP contribution in [-0.2, 0) is 9.53 Å². The van der Waals surface area contributed by atoms with Crippen molar-refractivity contribution in [2.45, 2.75) is 51.6 Å². The lowest BCUT2D eigenvalue weighted by Crippen LogP contribution is -2.46. The maximum Gasteiger partial charge on any atom is 0.573 e.